The molecule has 2 aromatic heterocycles. The number of rotatable bonds is 4. The van der Waals surface area contributed by atoms with Crippen LogP contribution in [0.25, 0.3) is 11.1 Å². The fourth-order valence-corrected chi connectivity index (χ4v) is 3.58. The summed E-state index contributed by atoms with van der Waals surface area (Å²) in [6, 6.07) is 12.3. The normalized spacial score (nSPS) is 16.2. The van der Waals surface area contributed by atoms with E-state index < -0.39 is 0 Å². The van der Waals surface area contributed by atoms with Gasteiger partial charge in [-0.15, -0.1) is 0 Å². The summed E-state index contributed by atoms with van der Waals surface area (Å²) in [5, 5.41) is 9.95. The molecule has 0 saturated heterocycles. The molecule has 0 saturated carbocycles. The van der Waals surface area contributed by atoms with Crippen molar-refractivity contribution in [1.82, 2.24) is 20.5 Å². The van der Waals surface area contributed by atoms with Crippen LogP contribution in [-0.4, -0.2) is 27.6 Å². The van der Waals surface area contributed by atoms with E-state index in [2.05, 4.69) is 44.8 Å². The number of aryl methyl sites for hydroxylation is 1. The van der Waals surface area contributed by atoms with Gasteiger partial charge in [0, 0.05) is 30.4 Å². The van der Waals surface area contributed by atoms with Gasteiger partial charge in [-0.05, 0) is 48.1 Å². The Morgan fingerprint density at radius 3 is 2.92 bits per heavy atom. The summed E-state index contributed by atoms with van der Waals surface area (Å²) in [6.45, 7) is 0.644. The summed E-state index contributed by atoms with van der Waals surface area (Å²) in [5.74, 6) is 0.258. The number of aromatic amines is 1. The minimum Gasteiger partial charge on any atom is -0.350 e. The van der Waals surface area contributed by atoms with Gasteiger partial charge in [0.2, 0.25) is 0 Å². The van der Waals surface area contributed by atoms with Gasteiger partial charge in [0.05, 0.1) is 6.20 Å². The van der Waals surface area contributed by atoms with Crippen LogP contribution in [0.2, 0.25) is 0 Å². The number of carbonyl (C=O) groups is 1. The maximum Gasteiger partial charge on any atom is 0.269 e. The summed E-state index contributed by atoms with van der Waals surface area (Å²) >= 11 is 0. The van der Waals surface area contributed by atoms with Crippen LogP contribution in [0.4, 0.5) is 0 Å². The van der Waals surface area contributed by atoms with Gasteiger partial charge >= 0.3 is 0 Å². The highest BCUT2D eigenvalue weighted by molar-refractivity contribution is 5.98. The minimum atomic E-state index is -0.118. The summed E-state index contributed by atoms with van der Waals surface area (Å²) < 4.78 is 0. The highest BCUT2D eigenvalue weighted by Crippen LogP contribution is 2.31. The van der Waals surface area contributed by atoms with Crippen LogP contribution in [0.15, 0.2) is 55.0 Å². The SMILES string of the molecule is O=C(NCC1CCCc2ccccc21)c1[nH]ncc1-c1ccncc1. The molecule has 126 valence electrons. The average Bonchev–Trinajstić information content (AvgIpc) is 3.17. The Balaban J connectivity index is 1.49. The van der Waals surface area contributed by atoms with Crippen molar-refractivity contribution < 1.29 is 4.79 Å². The van der Waals surface area contributed by atoms with Crippen LogP contribution in [-0.2, 0) is 6.42 Å². The molecule has 4 rings (SSSR count). The van der Waals surface area contributed by atoms with E-state index in [1.54, 1.807) is 18.6 Å². The smallest absolute Gasteiger partial charge is 0.269 e. The van der Waals surface area contributed by atoms with Crippen molar-refractivity contribution in [1.29, 1.82) is 0 Å². The molecule has 5 heteroatoms. The zero-order valence-electron chi connectivity index (χ0n) is 13.9. The maximum atomic E-state index is 12.7. The summed E-state index contributed by atoms with van der Waals surface area (Å²) in [5.41, 5.74) is 5.00. The van der Waals surface area contributed by atoms with Gasteiger partial charge < -0.3 is 5.32 Å². The zero-order chi connectivity index (χ0) is 17.1. The quantitative estimate of drug-likeness (QED) is 0.770. The number of benzene rings is 1. The number of amides is 1. The van der Waals surface area contributed by atoms with Crippen molar-refractivity contribution in [2.75, 3.05) is 6.54 Å². The molecule has 2 N–H and O–H groups in total. The maximum absolute atomic E-state index is 12.7. The van der Waals surface area contributed by atoms with Crippen molar-refractivity contribution in [3.8, 4) is 11.1 Å². The van der Waals surface area contributed by atoms with Crippen LogP contribution < -0.4 is 5.32 Å². The molecular weight excluding hydrogens is 312 g/mol. The highest BCUT2D eigenvalue weighted by atomic mass is 16.1. The Morgan fingerprint density at radius 2 is 2.04 bits per heavy atom. The number of fused-ring (bicyclic) bond motifs is 1. The first kappa shape index (κ1) is 15.6. The van der Waals surface area contributed by atoms with Crippen molar-refractivity contribution in [2.24, 2.45) is 0 Å². The number of hydrogen-bond acceptors (Lipinski definition) is 3. The molecule has 1 aliphatic rings. The molecule has 0 radical (unpaired) electrons. The standard InChI is InChI=1S/C20H20N4O/c25-20(19-18(13-23-24-19)15-8-10-21-11-9-15)22-12-16-6-3-5-14-4-1-2-7-17(14)16/h1-2,4,7-11,13,16H,3,5-6,12H2,(H,22,25)(H,23,24). The predicted octanol–water partition coefficient (Wildman–Crippen LogP) is 3.32. The molecule has 0 spiro atoms. The van der Waals surface area contributed by atoms with Crippen LogP contribution >= 0.6 is 0 Å². The van der Waals surface area contributed by atoms with Crippen LogP contribution in [0.1, 0.15) is 40.4 Å². The Bertz CT molecular complexity index is 872. The second-order valence-corrected chi connectivity index (χ2v) is 6.39. The van der Waals surface area contributed by atoms with E-state index in [0.717, 1.165) is 24.0 Å². The summed E-state index contributed by atoms with van der Waals surface area (Å²) in [7, 11) is 0. The number of aromatic nitrogens is 3. The van der Waals surface area contributed by atoms with Crippen LogP contribution in [0, 0.1) is 0 Å². The minimum absolute atomic E-state index is 0.118. The lowest BCUT2D eigenvalue weighted by molar-refractivity contribution is 0.0946. The number of nitrogens with zero attached hydrogens (tertiary/aromatic N) is 2. The number of nitrogens with one attached hydrogen (secondary N) is 2. The highest BCUT2D eigenvalue weighted by Gasteiger charge is 2.21. The first-order valence-electron chi connectivity index (χ1n) is 8.62. The first-order chi connectivity index (χ1) is 12.3. The lowest BCUT2D eigenvalue weighted by Crippen LogP contribution is -2.30. The summed E-state index contributed by atoms with van der Waals surface area (Å²) in [6.07, 6.45) is 8.51. The number of hydrogen-bond donors (Lipinski definition) is 2. The molecule has 0 aliphatic heterocycles. The Hall–Kier alpha value is -2.95. The predicted molar refractivity (Wildman–Crippen MR) is 96.3 cm³/mol. The van der Waals surface area contributed by atoms with Gasteiger partial charge in [0.1, 0.15) is 5.69 Å². The third kappa shape index (κ3) is 3.18. The second-order valence-electron chi connectivity index (χ2n) is 6.39. The van der Waals surface area contributed by atoms with Gasteiger partial charge in [-0.2, -0.15) is 5.10 Å². The topological polar surface area (TPSA) is 70.7 Å². The van der Waals surface area contributed by atoms with E-state index in [-0.39, 0.29) is 5.91 Å². The van der Waals surface area contributed by atoms with Crippen molar-refractivity contribution in [2.45, 2.75) is 25.2 Å². The molecule has 5 nitrogen and oxygen atoms in total. The average molecular weight is 332 g/mol. The number of pyridine rings is 1. The van der Waals surface area contributed by atoms with Crippen LogP contribution in [0.5, 0.6) is 0 Å². The van der Waals surface area contributed by atoms with Gasteiger partial charge in [-0.3, -0.25) is 14.9 Å². The third-order valence-electron chi connectivity index (χ3n) is 4.86. The Labute approximate surface area is 146 Å². The molecule has 1 amide bonds. The molecule has 2 heterocycles. The molecular formula is C20H20N4O. The number of carbonyl (C=O) groups excluding carboxylic acids is 1. The van der Waals surface area contributed by atoms with Gasteiger partial charge in [-0.25, -0.2) is 0 Å². The first-order valence-corrected chi connectivity index (χ1v) is 8.62. The Kier molecular flexibility index (Phi) is 4.29. The van der Waals surface area contributed by atoms with E-state index in [4.69, 9.17) is 0 Å². The van der Waals surface area contributed by atoms with Crippen molar-refractivity contribution >= 4 is 5.91 Å². The van der Waals surface area contributed by atoms with Gasteiger partial charge in [0.15, 0.2) is 0 Å². The van der Waals surface area contributed by atoms with E-state index in [9.17, 15) is 4.79 Å². The third-order valence-corrected chi connectivity index (χ3v) is 4.86. The van der Waals surface area contributed by atoms with Crippen molar-refractivity contribution in [3.05, 3.63) is 71.8 Å². The van der Waals surface area contributed by atoms with E-state index in [0.29, 0.717) is 18.2 Å². The molecule has 25 heavy (non-hydrogen) atoms. The second kappa shape index (κ2) is 6.89. The zero-order valence-corrected chi connectivity index (χ0v) is 13.9. The van der Waals surface area contributed by atoms with E-state index in [1.165, 1.54) is 17.5 Å². The van der Waals surface area contributed by atoms with Gasteiger partial charge in [-0.1, -0.05) is 24.3 Å². The van der Waals surface area contributed by atoms with Crippen molar-refractivity contribution in [3.63, 3.8) is 0 Å². The largest absolute Gasteiger partial charge is 0.350 e. The molecule has 1 aromatic carbocycles. The molecule has 1 atom stereocenters. The molecule has 3 aromatic rings. The summed E-state index contributed by atoms with van der Waals surface area (Å²) in [4.78, 5) is 16.7. The lowest BCUT2D eigenvalue weighted by Gasteiger charge is -2.25. The van der Waals surface area contributed by atoms with E-state index in [1.807, 2.05) is 12.1 Å². The number of H-pyrrole nitrogens is 1. The van der Waals surface area contributed by atoms with Gasteiger partial charge in [0.25, 0.3) is 5.91 Å². The lowest BCUT2D eigenvalue weighted by atomic mass is 9.83. The fourth-order valence-electron chi connectivity index (χ4n) is 3.58. The molecule has 0 fully saturated rings. The Morgan fingerprint density at radius 1 is 1.20 bits per heavy atom. The van der Waals surface area contributed by atoms with Crippen LogP contribution in [0.3, 0.4) is 0 Å². The molecule has 1 aliphatic carbocycles. The molecule has 1 unspecified atom stereocenters. The van der Waals surface area contributed by atoms with E-state index >= 15 is 0 Å². The monoisotopic (exact) mass is 332 g/mol. The fraction of sp³-hybridized carbons (Fsp3) is 0.250. The molecule has 0 bridgehead atoms.